The number of aliphatic hydroxyl groups is 1. The predicted molar refractivity (Wildman–Crippen MR) is 64.6 cm³/mol. The van der Waals surface area contributed by atoms with Gasteiger partial charge in [-0.3, -0.25) is 4.79 Å². The Balaban J connectivity index is 3.02. The van der Waals surface area contributed by atoms with Crippen molar-refractivity contribution < 1.29 is 9.90 Å². The van der Waals surface area contributed by atoms with E-state index in [1.807, 2.05) is 0 Å². The fraction of sp³-hybridized carbons (Fsp3) is 0.364. The molecule has 0 saturated carbocycles. The first-order valence-electron chi connectivity index (χ1n) is 4.94. The average Bonchev–Trinajstić information content (AvgIpc) is 2.20. The van der Waals surface area contributed by atoms with E-state index in [1.165, 1.54) is 6.92 Å². The van der Waals surface area contributed by atoms with Crippen LogP contribution in [0.1, 0.15) is 18.6 Å². The molecule has 3 N–H and O–H groups in total. The van der Waals surface area contributed by atoms with E-state index in [2.05, 4.69) is 10.6 Å². The summed E-state index contributed by atoms with van der Waals surface area (Å²) in [5.74, 6) is -0.180. The Morgan fingerprint density at radius 2 is 2.25 bits per heavy atom. The number of likely N-dealkylation sites (N-methyl/N-ethyl adjacent to an activating group) is 1. The SMILES string of the molecule is CNCC(O)c1cc(Cl)ccc1NC(C)=O. The third-order valence-corrected chi connectivity index (χ3v) is 2.32. The van der Waals surface area contributed by atoms with Crippen molar-refractivity contribution in [3.05, 3.63) is 28.8 Å². The second-order valence-electron chi connectivity index (χ2n) is 3.49. The van der Waals surface area contributed by atoms with E-state index in [1.54, 1.807) is 25.2 Å². The summed E-state index contributed by atoms with van der Waals surface area (Å²) in [4.78, 5) is 11.0. The minimum atomic E-state index is -0.703. The monoisotopic (exact) mass is 242 g/mol. The number of amides is 1. The summed E-state index contributed by atoms with van der Waals surface area (Å²) in [5, 5.41) is 15.9. The number of aliphatic hydroxyl groups excluding tert-OH is 1. The summed E-state index contributed by atoms with van der Waals surface area (Å²) in [6.07, 6.45) is -0.703. The number of anilines is 1. The largest absolute Gasteiger partial charge is 0.387 e. The molecule has 16 heavy (non-hydrogen) atoms. The Kier molecular flexibility index (Phi) is 4.73. The van der Waals surface area contributed by atoms with Gasteiger partial charge in [-0.25, -0.2) is 0 Å². The number of carbonyl (C=O) groups is 1. The van der Waals surface area contributed by atoms with E-state index in [9.17, 15) is 9.90 Å². The summed E-state index contributed by atoms with van der Waals surface area (Å²) < 4.78 is 0. The average molecular weight is 243 g/mol. The summed E-state index contributed by atoms with van der Waals surface area (Å²) in [6, 6.07) is 5.00. The third-order valence-electron chi connectivity index (χ3n) is 2.08. The minimum Gasteiger partial charge on any atom is -0.387 e. The third kappa shape index (κ3) is 3.48. The summed E-state index contributed by atoms with van der Waals surface area (Å²) in [6.45, 7) is 1.82. The van der Waals surface area contributed by atoms with Gasteiger partial charge in [0.2, 0.25) is 5.91 Å². The Hall–Kier alpha value is -1.10. The van der Waals surface area contributed by atoms with Crippen LogP contribution in [-0.2, 0) is 4.79 Å². The lowest BCUT2D eigenvalue weighted by Crippen LogP contribution is -2.18. The predicted octanol–water partition coefficient (Wildman–Crippen LogP) is 1.55. The number of rotatable bonds is 4. The van der Waals surface area contributed by atoms with E-state index in [0.29, 0.717) is 22.8 Å². The highest BCUT2D eigenvalue weighted by Crippen LogP contribution is 2.26. The lowest BCUT2D eigenvalue weighted by Gasteiger charge is -2.15. The van der Waals surface area contributed by atoms with Gasteiger partial charge in [-0.05, 0) is 25.2 Å². The van der Waals surface area contributed by atoms with Gasteiger partial charge in [0.15, 0.2) is 0 Å². The maximum absolute atomic E-state index is 11.0. The topological polar surface area (TPSA) is 61.4 Å². The number of carbonyl (C=O) groups excluding carboxylic acids is 1. The molecule has 1 rings (SSSR count). The number of halogens is 1. The van der Waals surface area contributed by atoms with Crippen LogP contribution in [0, 0.1) is 0 Å². The molecule has 0 bridgehead atoms. The smallest absolute Gasteiger partial charge is 0.221 e. The van der Waals surface area contributed by atoms with Crippen LogP contribution in [0.2, 0.25) is 5.02 Å². The van der Waals surface area contributed by atoms with E-state index in [4.69, 9.17) is 11.6 Å². The molecular formula is C11H15ClN2O2. The number of hydrogen-bond donors (Lipinski definition) is 3. The minimum absolute atomic E-state index is 0.180. The van der Waals surface area contributed by atoms with Crippen molar-refractivity contribution in [3.63, 3.8) is 0 Å². The van der Waals surface area contributed by atoms with Gasteiger partial charge in [0.1, 0.15) is 0 Å². The van der Waals surface area contributed by atoms with Crippen molar-refractivity contribution in [2.45, 2.75) is 13.0 Å². The zero-order valence-corrected chi connectivity index (χ0v) is 10.0. The number of benzene rings is 1. The molecule has 0 fully saturated rings. The molecule has 1 unspecified atom stereocenters. The Morgan fingerprint density at radius 3 is 2.81 bits per heavy atom. The molecule has 1 aromatic rings. The summed E-state index contributed by atoms with van der Waals surface area (Å²) in [5.41, 5.74) is 1.19. The summed E-state index contributed by atoms with van der Waals surface area (Å²) >= 11 is 5.85. The molecule has 1 aromatic carbocycles. The van der Waals surface area contributed by atoms with Crippen molar-refractivity contribution in [1.29, 1.82) is 0 Å². The van der Waals surface area contributed by atoms with Gasteiger partial charge in [0.05, 0.1) is 6.10 Å². The van der Waals surface area contributed by atoms with E-state index >= 15 is 0 Å². The second-order valence-corrected chi connectivity index (χ2v) is 3.92. The van der Waals surface area contributed by atoms with E-state index < -0.39 is 6.10 Å². The number of nitrogens with one attached hydrogen (secondary N) is 2. The van der Waals surface area contributed by atoms with Crippen molar-refractivity contribution in [2.24, 2.45) is 0 Å². The lowest BCUT2D eigenvalue weighted by molar-refractivity contribution is -0.114. The molecule has 5 heteroatoms. The number of hydrogen-bond acceptors (Lipinski definition) is 3. The van der Waals surface area contributed by atoms with Gasteiger partial charge in [-0.15, -0.1) is 0 Å². The Bertz CT molecular complexity index is 382. The highest BCUT2D eigenvalue weighted by Gasteiger charge is 2.13. The molecule has 0 aliphatic rings. The normalized spacial score (nSPS) is 12.2. The Morgan fingerprint density at radius 1 is 1.56 bits per heavy atom. The van der Waals surface area contributed by atoms with Crippen molar-refractivity contribution in [3.8, 4) is 0 Å². The second kappa shape index (κ2) is 5.84. The molecule has 1 amide bonds. The molecule has 0 spiro atoms. The van der Waals surface area contributed by atoms with E-state index in [-0.39, 0.29) is 5.91 Å². The van der Waals surface area contributed by atoms with E-state index in [0.717, 1.165) is 0 Å². The highest BCUT2D eigenvalue weighted by molar-refractivity contribution is 6.30. The van der Waals surface area contributed by atoms with Crippen LogP contribution in [-0.4, -0.2) is 24.6 Å². The molecule has 0 aliphatic heterocycles. The first kappa shape index (κ1) is 13.0. The maximum Gasteiger partial charge on any atom is 0.221 e. The van der Waals surface area contributed by atoms with Gasteiger partial charge < -0.3 is 15.7 Å². The van der Waals surface area contributed by atoms with Crippen LogP contribution < -0.4 is 10.6 Å². The Labute approximate surface area is 99.6 Å². The van der Waals surface area contributed by atoms with Crippen molar-refractivity contribution >= 4 is 23.2 Å². The zero-order valence-electron chi connectivity index (χ0n) is 9.25. The molecule has 0 aromatic heterocycles. The van der Waals surface area contributed by atoms with Gasteiger partial charge in [-0.2, -0.15) is 0 Å². The lowest BCUT2D eigenvalue weighted by atomic mass is 10.1. The van der Waals surface area contributed by atoms with Crippen LogP contribution >= 0.6 is 11.6 Å². The van der Waals surface area contributed by atoms with Crippen LogP contribution in [0.4, 0.5) is 5.69 Å². The first-order chi connectivity index (χ1) is 7.54. The molecule has 88 valence electrons. The van der Waals surface area contributed by atoms with Crippen molar-refractivity contribution in [2.75, 3.05) is 18.9 Å². The maximum atomic E-state index is 11.0. The molecule has 4 nitrogen and oxygen atoms in total. The molecule has 0 heterocycles. The fourth-order valence-electron chi connectivity index (χ4n) is 1.42. The molecular weight excluding hydrogens is 228 g/mol. The molecule has 0 radical (unpaired) electrons. The standard InChI is InChI=1S/C11H15ClN2O2/c1-7(15)14-10-4-3-8(12)5-9(10)11(16)6-13-2/h3-5,11,13,16H,6H2,1-2H3,(H,14,15). The zero-order chi connectivity index (χ0) is 12.1. The van der Waals surface area contributed by atoms with Crippen LogP contribution in [0.15, 0.2) is 18.2 Å². The van der Waals surface area contributed by atoms with Gasteiger partial charge in [-0.1, -0.05) is 11.6 Å². The quantitative estimate of drug-likeness (QED) is 0.751. The van der Waals surface area contributed by atoms with Crippen LogP contribution in [0.25, 0.3) is 0 Å². The first-order valence-corrected chi connectivity index (χ1v) is 5.32. The van der Waals surface area contributed by atoms with Crippen molar-refractivity contribution in [1.82, 2.24) is 5.32 Å². The van der Waals surface area contributed by atoms with Gasteiger partial charge in [0.25, 0.3) is 0 Å². The van der Waals surface area contributed by atoms with Crippen LogP contribution in [0.5, 0.6) is 0 Å². The van der Waals surface area contributed by atoms with Gasteiger partial charge in [0, 0.05) is 29.7 Å². The molecule has 1 atom stereocenters. The fourth-order valence-corrected chi connectivity index (χ4v) is 1.60. The van der Waals surface area contributed by atoms with Crippen LogP contribution in [0.3, 0.4) is 0 Å². The molecule has 0 saturated heterocycles. The van der Waals surface area contributed by atoms with Gasteiger partial charge >= 0.3 is 0 Å². The highest BCUT2D eigenvalue weighted by atomic mass is 35.5. The summed E-state index contributed by atoms with van der Waals surface area (Å²) in [7, 11) is 1.74. The molecule has 0 aliphatic carbocycles.